The second-order valence-corrected chi connectivity index (χ2v) is 7.21. The van der Waals surface area contributed by atoms with Crippen LogP contribution >= 0.6 is 0 Å². The molecule has 6 nitrogen and oxygen atoms in total. The van der Waals surface area contributed by atoms with E-state index in [1.54, 1.807) is 4.68 Å². The Hall–Kier alpha value is -1.08. The largest absolute Gasteiger partial charge is 0.381 e. The highest BCUT2D eigenvalue weighted by Crippen LogP contribution is 2.33. The number of hydrogen-bond acceptors (Lipinski definition) is 4. The number of nitrogens with two attached hydrogens (primary N) is 1. The molecule has 0 unspecified atom stereocenters. The van der Waals surface area contributed by atoms with E-state index in [4.69, 9.17) is 5.73 Å². The van der Waals surface area contributed by atoms with Gasteiger partial charge in [-0.1, -0.05) is 0 Å². The first kappa shape index (κ1) is 14.3. The molecule has 2 rings (SSSR count). The SMILES string of the molecule is CCn1cc(S(=O)(=O)N(CC2CC2)C(C)C)c(N)n1. The Morgan fingerprint density at radius 2 is 2.16 bits per heavy atom. The monoisotopic (exact) mass is 286 g/mol. The quantitative estimate of drug-likeness (QED) is 0.854. The molecule has 1 aliphatic carbocycles. The first-order valence-corrected chi connectivity index (χ1v) is 8.15. The topological polar surface area (TPSA) is 81.2 Å². The zero-order chi connectivity index (χ0) is 14.2. The fourth-order valence-electron chi connectivity index (χ4n) is 2.05. The lowest BCUT2D eigenvalue weighted by atomic mass is 10.3. The van der Waals surface area contributed by atoms with Crippen molar-refractivity contribution in [3.05, 3.63) is 6.20 Å². The summed E-state index contributed by atoms with van der Waals surface area (Å²) in [5, 5.41) is 4.02. The Morgan fingerprint density at radius 1 is 1.53 bits per heavy atom. The van der Waals surface area contributed by atoms with Crippen molar-refractivity contribution < 1.29 is 8.42 Å². The molecule has 1 saturated carbocycles. The Labute approximate surface area is 114 Å². The molecular weight excluding hydrogens is 264 g/mol. The van der Waals surface area contributed by atoms with Gasteiger partial charge in [0.25, 0.3) is 0 Å². The van der Waals surface area contributed by atoms with Gasteiger partial charge in [0.15, 0.2) is 5.82 Å². The Kier molecular flexibility index (Phi) is 3.87. The average Bonchev–Trinajstić information content (AvgIpc) is 3.07. The molecule has 0 amide bonds. The molecule has 108 valence electrons. The molecule has 0 bridgehead atoms. The maximum atomic E-state index is 12.7. The summed E-state index contributed by atoms with van der Waals surface area (Å²) in [6.07, 6.45) is 3.75. The zero-order valence-corrected chi connectivity index (χ0v) is 12.5. The van der Waals surface area contributed by atoms with E-state index in [0.717, 1.165) is 12.8 Å². The first-order valence-electron chi connectivity index (χ1n) is 6.71. The molecule has 1 fully saturated rings. The van der Waals surface area contributed by atoms with Gasteiger partial charge >= 0.3 is 0 Å². The van der Waals surface area contributed by atoms with Crippen LogP contribution in [0.5, 0.6) is 0 Å². The van der Waals surface area contributed by atoms with E-state index in [-0.39, 0.29) is 16.8 Å². The molecule has 0 radical (unpaired) electrons. The molecule has 7 heteroatoms. The predicted octanol–water partition coefficient (Wildman–Crippen LogP) is 1.29. The molecular formula is C12H22N4O2S. The van der Waals surface area contributed by atoms with Crippen molar-refractivity contribution in [1.82, 2.24) is 14.1 Å². The molecule has 19 heavy (non-hydrogen) atoms. The molecule has 0 spiro atoms. The van der Waals surface area contributed by atoms with Crippen molar-refractivity contribution in [3.63, 3.8) is 0 Å². The lowest BCUT2D eigenvalue weighted by Crippen LogP contribution is -2.38. The van der Waals surface area contributed by atoms with E-state index in [2.05, 4.69) is 5.10 Å². The van der Waals surface area contributed by atoms with Crippen LogP contribution < -0.4 is 5.73 Å². The van der Waals surface area contributed by atoms with Gasteiger partial charge in [0.1, 0.15) is 4.90 Å². The molecule has 1 aromatic rings. The average molecular weight is 286 g/mol. The number of sulfonamides is 1. The van der Waals surface area contributed by atoms with Gasteiger partial charge in [0.05, 0.1) is 0 Å². The minimum atomic E-state index is -3.55. The van der Waals surface area contributed by atoms with Gasteiger partial charge in [-0.05, 0) is 39.5 Å². The summed E-state index contributed by atoms with van der Waals surface area (Å²) >= 11 is 0. The van der Waals surface area contributed by atoms with Crippen LogP contribution in [0.3, 0.4) is 0 Å². The second-order valence-electron chi connectivity index (χ2n) is 5.35. The zero-order valence-electron chi connectivity index (χ0n) is 11.7. The van der Waals surface area contributed by atoms with Gasteiger partial charge in [-0.15, -0.1) is 0 Å². The van der Waals surface area contributed by atoms with Crippen LogP contribution in [0.2, 0.25) is 0 Å². The summed E-state index contributed by atoms with van der Waals surface area (Å²) in [7, 11) is -3.55. The van der Waals surface area contributed by atoms with Crippen LogP contribution in [0.4, 0.5) is 5.82 Å². The fourth-order valence-corrected chi connectivity index (χ4v) is 3.82. The maximum absolute atomic E-state index is 12.7. The number of nitrogens with zero attached hydrogens (tertiary/aromatic N) is 3. The number of aromatic nitrogens is 2. The van der Waals surface area contributed by atoms with Gasteiger partial charge in [0, 0.05) is 25.3 Å². The van der Waals surface area contributed by atoms with Crippen molar-refractivity contribution >= 4 is 15.8 Å². The van der Waals surface area contributed by atoms with Crippen LogP contribution in [0.15, 0.2) is 11.1 Å². The van der Waals surface area contributed by atoms with Crippen LogP contribution in [-0.2, 0) is 16.6 Å². The van der Waals surface area contributed by atoms with E-state index in [0.29, 0.717) is 19.0 Å². The fraction of sp³-hybridized carbons (Fsp3) is 0.750. The summed E-state index contributed by atoms with van der Waals surface area (Å²) in [6.45, 7) is 6.86. The standard InChI is InChI=1S/C12H22N4O2S/c1-4-15-8-11(12(13)14-15)19(17,18)16(9(2)3)7-10-5-6-10/h8-10H,4-7H2,1-3H3,(H2,13,14). The van der Waals surface area contributed by atoms with Crippen molar-refractivity contribution in [3.8, 4) is 0 Å². The maximum Gasteiger partial charge on any atom is 0.248 e. The lowest BCUT2D eigenvalue weighted by molar-refractivity contribution is 0.342. The molecule has 0 saturated heterocycles. The minimum absolute atomic E-state index is 0.0741. The third-order valence-electron chi connectivity index (χ3n) is 3.38. The van der Waals surface area contributed by atoms with Gasteiger partial charge in [-0.25, -0.2) is 8.42 Å². The molecule has 0 atom stereocenters. The smallest absolute Gasteiger partial charge is 0.248 e. The third kappa shape index (κ3) is 2.92. The van der Waals surface area contributed by atoms with E-state index in [9.17, 15) is 8.42 Å². The minimum Gasteiger partial charge on any atom is -0.381 e. The number of nitrogen functional groups attached to an aromatic ring is 1. The van der Waals surface area contributed by atoms with E-state index < -0.39 is 10.0 Å². The summed E-state index contributed by atoms with van der Waals surface area (Å²) in [6, 6.07) is -0.0741. The molecule has 0 aliphatic heterocycles. The predicted molar refractivity (Wildman–Crippen MR) is 74.1 cm³/mol. The van der Waals surface area contributed by atoms with Crippen LogP contribution in [0.1, 0.15) is 33.6 Å². The highest BCUT2D eigenvalue weighted by atomic mass is 32.2. The number of rotatable bonds is 6. The third-order valence-corrected chi connectivity index (χ3v) is 5.44. The summed E-state index contributed by atoms with van der Waals surface area (Å²) in [5.74, 6) is 0.586. The Bertz CT molecular complexity index is 546. The Balaban J connectivity index is 2.34. The van der Waals surface area contributed by atoms with Crippen molar-refractivity contribution in [2.45, 2.75) is 51.1 Å². The molecule has 1 heterocycles. The van der Waals surface area contributed by atoms with Gasteiger partial charge < -0.3 is 5.73 Å². The molecule has 1 aromatic heterocycles. The molecule has 0 aromatic carbocycles. The van der Waals surface area contributed by atoms with Crippen LogP contribution in [0.25, 0.3) is 0 Å². The second kappa shape index (κ2) is 5.13. The van der Waals surface area contributed by atoms with Gasteiger partial charge in [-0.3, -0.25) is 4.68 Å². The van der Waals surface area contributed by atoms with Gasteiger partial charge in [0.2, 0.25) is 10.0 Å². The number of hydrogen-bond donors (Lipinski definition) is 1. The van der Waals surface area contributed by atoms with Crippen LogP contribution in [-0.4, -0.2) is 35.1 Å². The van der Waals surface area contributed by atoms with E-state index in [1.807, 2.05) is 20.8 Å². The molecule has 1 aliphatic rings. The van der Waals surface area contributed by atoms with Crippen LogP contribution in [0, 0.1) is 5.92 Å². The summed E-state index contributed by atoms with van der Waals surface area (Å²) in [5.41, 5.74) is 5.75. The van der Waals surface area contributed by atoms with Crippen molar-refractivity contribution in [2.75, 3.05) is 12.3 Å². The normalized spacial score (nSPS) is 16.5. The van der Waals surface area contributed by atoms with Gasteiger partial charge in [-0.2, -0.15) is 9.40 Å². The molecule has 2 N–H and O–H groups in total. The van der Waals surface area contributed by atoms with Crippen molar-refractivity contribution in [1.29, 1.82) is 0 Å². The lowest BCUT2D eigenvalue weighted by Gasteiger charge is -2.25. The summed E-state index contributed by atoms with van der Waals surface area (Å²) in [4.78, 5) is 0.128. The highest BCUT2D eigenvalue weighted by Gasteiger charge is 2.35. The van der Waals surface area contributed by atoms with Crippen molar-refractivity contribution in [2.24, 2.45) is 5.92 Å². The highest BCUT2D eigenvalue weighted by molar-refractivity contribution is 7.89. The summed E-state index contributed by atoms with van der Waals surface area (Å²) < 4.78 is 28.5. The van der Waals surface area contributed by atoms with E-state index >= 15 is 0 Å². The number of anilines is 1. The number of aryl methyl sites for hydroxylation is 1. The first-order chi connectivity index (χ1) is 8.86. The Morgan fingerprint density at radius 3 is 2.58 bits per heavy atom. The van der Waals surface area contributed by atoms with E-state index in [1.165, 1.54) is 10.5 Å².